The van der Waals surface area contributed by atoms with Crippen LogP contribution in [0.15, 0.2) is 66.9 Å². The Labute approximate surface area is 171 Å². The number of hydrogen-bond acceptors (Lipinski definition) is 4. The van der Waals surface area contributed by atoms with Crippen LogP contribution in [0.5, 0.6) is 0 Å². The van der Waals surface area contributed by atoms with Gasteiger partial charge in [0.1, 0.15) is 11.9 Å². The third-order valence-corrected chi connectivity index (χ3v) is 5.25. The minimum absolute atomic E-state index is 0.0243. The third kappa shape index (κ3) is 4.46. The maximum Gasteiger partial charge on any atom is 0.257 e. The van der Waals surface area contributed by atoms with E-state index in [0.29, 0.717) is 12.2 Å². The van der Waals surface area contributed by atoms with Crippen molar-refractivity contribution in [3.05, 3.63) is 89.1 Å². The first-order valence-corrected chi connectivity index (χ1v) is 9.86. The number of carbonyl (C=O) groups excluding carboxylic acids is 1. The third-order valence-electron chi connectivity index (χ3n) is 5.25. The molecule has 2 heterocycles. The fraction of sp³-hybridized carbons (Fsp3) is 0.250. The van der Waals surface area contributed by atoms with Crippen molar-refractivity contribution in [2.45, 2.75) is 20.0 Å². The molecule has 0 spiro atoms. The normalized spacial score (nSPS) is 16.5. The van der Waals surface area contributed by atoms with Crippen LogP contribution in [0.3, 0.4) is 0 Å². The lowest BCUT2D eigenvalue weighted by atomic mass is 10.0. The minimum atomic E-state index is -0.160. The number of carbonyl (C=O) groups is 1. The van der Waals surface area contributed by atoms with Gasteiger partial charge in [-0.1, -0.05) is 42.0 Å². The Hall–Kier alpha value is -3.18. The highest BCUT2D eigenvalue weighted by atomic mass is 16.5. The van der Waals surface area contributed by atoms with Crippen molar-refractivity contribution in [2.24, 2.45) is 0 Å². The van der Waals surface area contributed by atoms with Gasteiger partial charge >= 0.3 is 0 Å². The Morgan fingerprint density at radius 2 is 1.86 bits per heavy atom. The quantitative estimate of drug-likeness (QED) is 0.715. The summed E-state index contributed by atoms with van der Waals surface area (Å²) < 4.78 is 6.00. The molecule has 0 bridgehead atoms. The van der Waals surface area contributed by atoms with Crippen molar-refractivity contribution >= 4 is 17.4 Å². The van der Waals surface area contributed by atoms with Gasteiger partial charge in [-0.15, -0.1) is 0 Å². The van der Waals surface area contributed by atoms with Crippen LogP contribution in [0.2, 0.25) is 0 Å². The summed E-state index contributed by atoms with van der Waals surface area (Å²) in [5, 5.41) is 2.91. The van der Waals surface area contributed by atoms with Gasteiger partial charge in [0, 0.05) is 25.0 Å². The molecule has 5 heteroatoms. The topological polar surface area (TPSA) is 54.5 Å². The lowest BCUT2D eigenvalue weighted by Gasteiger charge is -2.34. The molecule has 148 valence electrons. The second-order valence-corrected chi connectivity index (χ2v) is 7.39. The lowest BCUT2D eigenvalue weighted by Crippen LogP contribution is -2.39. The molecule has 1 fully saturated rings. The van der Waals surface area contributed by atoms with E-state index in [9.17, 15) is 4.79 Å². The SMILES string of the molecule is Cc1ccc(NC(=O)c2ccc(N3CCOC(c4ccccc4C)C3)nc2)cc1. The molecule has 0 radical (unpaired) electrons. The molecule has 1 aliphatic rings. The highest BCUT2D eigenvalue weighted by Crippen LogP contribution is 2.27. The van der Waals surface area contributed by atoms with Crippen molar-refractivity contribution in [3.63, 3.8) is 0 Å². The number of ether oxygens (including phenoxy) is 1. The maximum atomic E-state index is 12.5. The van der Waals surface area contributed by atoms with Crippen molar-refractivity contribution in [1.82, 2.24) is 4.98 Å². The molecule has 1 aliphatic heterocycles. The molecule has 1 N–H and O–H groups in total. The predicted molar refractivity (Wildman–Crippen MR) is 115 cm³/mol. The van der Waals surface area contributed by atoms with Gasteiger partial charge < -0.3 is 15.0 Å². The number of benzene rings is 2. The maximum absolute atomic E-state index is 12.5. The molecule has 1 unspecified atom stereocenters. The number of rotatable bonds is 4. The van der Waals surface area contributed by atoms with E-state index >= 15 is 0 Å². The van der Waals surface area contributed by atoms with E-state index in [2.05, 4.69) is 34.3 Å². The predicted octanol–water partition coefficient (Wildman–Crippen LogP) is 4.53. The summed E-state index contributed by atoms with van der Waals surface area (Å²) >= 11 is 0. The van der Waals surface area contributed by atoms with E-state index in [-0.39, 0.29) is 12.0 Å². The van der Waals surface area contributed by atoms with E-state index in [1.165, 1.54) is 11.1 Å². The molecular weight excluding hydrogens is 362 g/mol. The average Bonchev–Trinajstić information content (AvgIpc) is 2.76. The standard InChI is InChI=1S/C24H25N3O2/c1-17-7-10-20(11-8-17)26-24(28)19-9-12-23(25-15-19)27-13-14-29-22(16-27)21-6-4-3-5-18(21)2/h3-12,15,22H,13-14,16H2,1-2H3,(H,26,28). The van der Waals surface area contributed by atoms with Crippen LogP contribution in [-0.2, 0) is 4.74 Å². The van der Waals surface area contributed by atoms with E-state index in [1.807, 2.05) is 55.5 Å². The van der Waals surface area contributed by atoms with Gasteiger partial charge in [0.05, 0.1) is 12.2 Å². The summed E-state index contributed by atoms with van der Waals surface area (Å²) in [5.74, 6) is 0.700. The zero-order valence-electron chi connectivity index (χ0n) is 16.8. The summed E-state index contributed by atoms with van der Waals surface area (Å²) in [5.41, 5.74) is 4.92. The molecule has 1 saturated heterocycles. The molecule has 5 nitrogen and oxygen atoms in total. The summed E-state index contributed by atoms with van der Waals surface area (Å²) in [6.45, 7) is 6.30. The van der Waals surface area contributed by atoms with E-state index in [4.69, 9.17) is 4.74 Å². The number of nitrogens with one attached hydrogen (secondary N) is 1. The minimum Gasteiger partial charge on any atom is -0.370 e. The van der Waals surface area contributed by atoms with Crippen LogP contribution in [0.25, 0.3) is 0 Å². The second-order valence-electron chi connectivity index (χ2n) is 7.39. The highest BCUT2D eigenvalue weighted by Gasteiger charge is 2.24. The van der Waals surface area contributed by atoms with Gasteiger partial charge in [-0.3, -0.25) is 4.79 Å². The number of pyridine rings is 1. The largest absolute Gasteiger partial charge is 0.370 e. The zero-order valence-corrected chi connectivity index (χ0v) is 16.8. The Morgan fingerprint density at radius 1 is 1.07 bits per heavy atom. The van der Waals surface area contributed by atoms with Gasteiger partial charge in [0.15, 0.2) is 0 Å². The van der Waals surface area contributed by atoms with Crippen LogP contribution in [0, 0.1) is 13.8 Å². The number of nitrogens with zero attached hydrogens (tertiary/aromatic N) is 2. The monoisotopic (exact) mass is 387 g/mol. The van der Waals surface area contributed by atoms with Gasteiger partial charge in [-0.05, 0) is 49.2 Å². The number of hydrogen-bond donors (Lipinski definition) is 1. The number of morpholine rings is 1. The van der Waals surface area contributed by atoms with Gasteiger partial charge in [0.25, 0.3) is 5.91 Å². The van der Waals surface area contributed by atoms with Gasteiger partial charge in [-0.25, -0.2) is 4.98 Å². The Balaban J connectivity index is 1.44. The molecule has 3 aromatic rings. The van der Waals surface area contributed by atoms with Crippen LogP contribution >= 0.6 is 0 Å². The first-order valence-electron chi connectivity index (χ1n) is 9.86. The van der Waals surface area contributed by atoms with E-state index in [1.54, 1.807) is 6.20 Å². The van der Waals surface area contributed by atoms with Crippen molar-refractivity contribution < 1.29 is 9.53 Å². The Kier molecular flexibility index (Phi) is 5.58. The summed E-state index contributed by atoms with van der Waals surface area (Å²) in [6.07, 6.45) is 1.66. The summed E-state index contributed by atoms with van der Waals surface area (Å²) in [6, 6.07) is 19.8. The Bertz CT molecular complexity index is 984. The lowest BCUT2D eigenvalue weighted by molar-refractivity contribution is 0.0391. The number of amides is 1. The zero-order chi connectivity index (χ0) is 20.2. The molecule has 1 atom stereocenters. The molecule has 1 aromatic heterocycles. The van der Waals surface area contributed by atoms with Crippen LogP contribution in [0.4, 0.5) is 11.5 Å². The molecule has 0 saturated carbocycles. The molecule has 0 aliphatic carbocycles. The fourth-order valence-corrected chi connectivity index (χ4v) is 3.54. The molecule has 4 rings (SSSR count). The highest BCUT2D eigenvalue weighted by molar-refractivity contribution is 6.04. The van der Waals surface area contributed by atoms with E-state index < -0.39 is 0 Å². The van der Waals surface area contributed by atoms with E-state index in [0.717, 1.165) is 30.2 Å². The number of aryl methyl sites for hydroxylation is 2. The number of anilines is 2. The summed E-state index contributed by atoms with van der Waals surface area (Å²) in [7, 11) is 0. The molecule has 2 aromatic carbocycles. The molecule has 29 heavy (non-hydrogen) atoms. The average molecular weight is 387 g/mol. The smallest absolute Gasteiger partial charge is 0.257 e. The fourth-order valence-electron chi connectivity index (χ4n) is 3.54. The van der Waals surface area contributed by atoms with Crippen molar-refractivity contribution in [3.8, 4) is 0 Å². The Morgan fingerprint density at radius 3 is 2.59 bits per heavy atom. The van der Waals surface area contributed by atoms with Gasteiger partial charge in [-0.2, -0.15) is 0 Å². The molecular formula is C24H25N3O2. The van der Waals surface area contributed by atoms with Gasteiger partial charge in [0.2, 0.25) is 0 Å². The van der Waals surface area contributed by atoms with Crippen LogP contribution in [0.1, 0.15) is 33.2 Å². The molecule has 1 amide bonds. The summed E-state index contributed by atoms with van der Waals surface area (Å²) in [4.78, 5) is 19.2. The van der Waals surface area contributed by atoms with Crippen molar-refractivity contribution in [2.75, 3.05) is 29.9 Å². The number of aromatic nitrogens is 1. The first kappa shape index (κ1) is 19.2. The van der Waals surface area contributed by atoms with Crippen LogP contribution < -0.4 is 10.2 Å². The first-order chi connectivity index (χ1) is 14.1. The van der Waals surface area contributed by atoms with Crippen molar-refractivity contribution in [1.29, 1.82) is 0 Å². The second kappa shape index (κ2) is 8.45. The van der Waals surface area contributed by atoms with Crippen LogP contribution in [-0.4, -0.2) is 30.6 Å².